The minimum atomic E-state index is 0.651. The lowest BCUT2D eigenvalue weighted by Crippen LogP contribution is -2.07. The van der Waals surface area contributed by atoms with Crippen molar-refractivity contribution in [1.82, 2.24) is 14.9 Å². The Kier molecular flexibility index (Phi) is 1.51. The molecule has 1 aromatic carbocycles. The van der Waals surface area contributed by atoms with Gasteiger partial charge < -0.3 is 5.84 Å². The van der Waals surface area contributed by atoms with Crippen LogP contribution in [-0.4, -0.2) is 14.9 Å². The second-order valence-electron chi connectivity index (χ2n) is 2.41. The van der Waals surface area contributed by atoms with Gasteiger partial charge in [0.1, 0.15) is 6.33 Å². The van der Waals surface area contributed by atoms with Gasteiger partial charge in [0.05, 0.1) is 0 Å². The van der Waals surface area contributed by atoms with Crippen LogP contribution in [0.3, 0.4) is 0 Å². The van der Waals surface area contributed by atoms with E-state index in [2.05, 4.69) is 10.1 Å². The molecule has 0 atom stereocenters. The molecule has 2 N–H and O–H groups in total. The Morgan fingerprint density at radius 1 is 1.17 bits per heavy atom. The number of nitrogens with two attached hydrogens (primary N) is 1. The second kappa shape index (κ2) is 2.65. The fraction of sp³-hybridized carbons (Fsp3) is 0. The maximum absolute atomic E-state index is 5.36. The predicted molar refractivity (Wildman–Crippen MR) is 45.6 cm³/mol. The van der Waals surface area contributed by atoms with E-state index < -0.39 is 0 Å². The van der Waals surface area contributed by atoms with Crippen LogP contribution < -0.4 is 5.84 Å². The third-order valence-electron chi connectivity index (χ3n) is 1.54. The van der Waals surface area contributed by atoms with Crippen molar-refractivity contribution in [3.63, 3.8) is 0 Å². The summed E-state index contributed by atoms with van der Waals surface area (Å²) < 4.78 is 0. The molecule has 0 amide bonds. The highest BCUT2D eigenvalue weighted by molar-refractivity contribution is 5.53. The van der Waals surface area contributed by atoms with Gasteiger partial charge in [-0.25, -0.2) is 4.98 Å². The van der Waals surface area contributed by atoms with Gasteiger partial charge in [-0.15, -0.1) is 5.10 Å². The fourth-order valence-electron chi connectivity index (χ4n) is 0.994. The molecule has 0 aliphatic heterocycles. The van der Waals surface area contributed by atoms with Crippen LogP contribution in [0.4, 0.5) is 0 Å². The molecule has 4 heteroatoms. The van der Waals surface area contributed by atoms with Crippen molar-refractivity contribution < 1.29 is 0 Å². The van der Waals surface area contributed by atoms with Gasteiger partial charge in [0.25, 0.3) is 0 Å². The lowest BCUT2D eigenvalue weighted by molar-refractivity contribution is 0.833. The van der Waals surface area contributed by atoms with E-state index in [9.17, 15) is 0 Å². The standard InChI is InChI=1S/C8H8N4/c9-12-6-10-8(11-12)7-4-2-1-3-5-7/h1-6H,9H2. The second-order valence-corrected chi connectivity index (χ2v) is 2.41. The highest BCUT2D eigenvalue weighted by atomic mass is 15.5. The van der Waals surface area contributed by atoms with Gasteiger partial charge in [-0.1, -0.05) is 30.3 Å². The minimum absolute atomic E-state index is 0.651. The molecule has 0 aliphatic carbocycles. The summed E-state index contributed by atoms with van der Waals surface area (Å²) in [5.41, 5.74) is 0.974. The summed E-state index contributed by atoms with van der Waals surface area (Å²) in [7, 11) is 0. The zero-order valence-electron chi connectivity index (χ0n) is 6.38. The van der Waals surface area contributed by atoms with Gasteiger partial charge in [-0.05, 0) is 0 Å². The third-order valence-corrected chi connectivity index (χ3v) is 1.54. The molecule has 2 aromatic rings. The van der Waals surface area contributed by atoms with Gasteiger partial charge in [0, 0.05) is 5.56 Å². The van der Waals surface area contributed by atoms with Crippen LogP contribution in [0.5, 0.6) is 0 Å². The first kappa shape index (κ1) is 6.84. The van der Waals surface area contributed by atoms with E-state index >= 15 is 0 Å². The van der Waals surface area contributed by atoms with Crippen molar-refractivity contribution in [2.45, 2.75) is 0 Å². The van der Waals surface area contributed by atoms with Gasteiger partial charge in [0.15, 0.2) is 5.82 Å². The van der Waals surface area contributed by atoms with Gasteiger partial charge in [0.2, 0.25) is 0 Å². The van der Waals surface area contributed by atoms with E-state index in [4.69, 9.17) is 5.84 Å². The lowest BCUT2D eigenvalue weighted by atomic mass is 10.2. The number of benzene rings is 1. The van der Waals surface area contributed by atoms with Crippen molar-refractivity contribution in [3.8, 4) is 11.4 Å². The molecule has 4 nitrogen and oxygen atoms in total. The highest BCUT2D eigenvalue weighted by Crippen LogP contribution is 2.11. The van der Waals surface area contributed by atoms with Gasteiger partial charge >= 0.3 is 0 Å². The van der Waals surface area contributed by atoms with Crippen molar-refractivity contribution >= 4 is 0 Å². The summed E-state index contributed by atoms with van der Waals surface area (Å²) in [5.74, 6) is 6.01. The van der Waals surface area contributed by atoms with E-state index in [0.29, 0.717) is 5.82 Å². The largest absolute Gasteiger partial charge is 0.322 e. The maximum atomic E-state index is 5.36. The molecule has 0 unspecified atom stereocenters. The Bertz CT molecular complexity index is 366. The molecule has 0 bridgehead atoms. The van der Waals surface area contributed by atoms with E-state index in [1.165, 1.54) is 11.1 Å². The molecule has 12 heavy (non-hydrogen) atoms. The van der Waals surface area contributed by atoms with Crippen LogP contribution in [0, 0.1) is 0 Å². The summed E-state index contributed by atoms with van der Waals surface area (Å²) in [6, 6.07) is 9.70. The first-order valence-corrected chi connectivity index (χ1v) is 3.58. The normalized spacial score (nSPS) is 10.0. The SMILES string of the molecule is Nn1cnc(-c2ccccc2)n1. The van der Waals surface area contributed by atoms with Gasteiger partial charge in [-0.2, -0.15) is 4.79 Å². The molecule has 2 rings (SSSR count). The summed E-state index contributed by atoms with van der Waals surface area (Å²) in [6.07, 6.45) is 1.47. The average molecular weight is 160 g/mol. The molecular formula is C8H8N4. The Hall–Kier alpha value is -1.84. The Balaban J connectivity index is 2.45. The summed E-state index contributed by atoms with van der Waals surface area (Å²) >= 11 is 0. The number of aromatic nitrogens is 3. The molecule has 60 valence electrons. The van der Waals surface area contributed by atoms with E-state index in [-0.39, 0.29) is 0 Å². The number of hydrogen-bond acceptors (Lipinski definition) is 3. The van der Waals surface area contributed by atoms with Crippen LogP contribution in [0.2, 0.25) is 0 Å². The van der Waals surface area contributed by atoms with Crippen molar-refractivity contribution in [3.05, 3.63) is 36.7 Å². The number of rotatable bonds is 1. The van der Waals surface area contributed by atoms with Crippen LogP contribution in [0.15, 0.2) is 36.7 Å². The molecule has 0 saturated carbocycles. The Morgan fingerprint density at radius 2 is 1.92 bits per heavy atom. The highest BCUT2D eigenvalue weighted by Gasteiger charge is 1.99. The third kappa shape index (κ3) is 1.14. The van der Waals surface area contributed by atoms with Crippen molar-refractivity contribution in [2.75, 3.05) is 5.84 Å². The molecule has 0 spiro atoms. The molecule has 1 aromatic heterocycles. The zero-order valence-corrected chi connectivity index (χ0v) is 6.38. The zero-order chi connectivity index (χ0) is 8.39. The first-order chi connectivity index (χ1) is 5.86. The quantitative estimate of drug-likeness (QED) is 0.623. The number of nitrogens with zero attached hydrogens (tertiary/aromatic N) is 3. The summed E-state index contributed by atoms with van der Waals surface area (Å²) in [5, 5.41) is 3.96. The van der Waals surface area contributed by atoms with E-state index in [1.54, 1.807) is 0 Å². The van der Waals surface area contributed by atoms with Crippen molar-refractivity contribution in [2.24, 2.45) is 0 Å². The smallest absolute Gasteiger partial charge is 0.183 e. The first-order valence-electron chi connectivity index (χ1n) is 3.58. The maximum Gasteiger partial charge on any atom is 0.183 e. The molecule has 1 heterocycles. The molecule has 0 saturated heterocycles. The molecular weight excluding hydrogens is 152 g/mol. The van der Waals surface area contributed by atoms with Crippen LogP contribution >= 0.6 is 0 Å². The molecule has 0 aliphatic rings. The molecule has 0 radical (unpaired) electrons. The number of nitrogen functional groups attached to an aromatic ring is 1. The van der Waals surface area contributed by atoms with Crippen LogP contribution in [0.1, 0.15) is 0 Å². The Morgan fingerprint density at radius 3 is 2.50 bits per heavy atom. The van der Waals surface area contributed by atoms with E-state index in [0.717, 1.165) is 5.56 Å². The van der Waals surface area contributed by atoms with Crippen LogP contribution in [0.25, 0.3) is 11.4 Å². The summed E-state index contributed by atoms with van der Waals surface area (Å²) in [4.78, 5) is 5.21. The fourth-order valence-corrected chi connectivity index (χ4v) is 0.994. The average Bonchev–Trinajstić information content (AvgIpc) is 2.54. The summed E-state index contributed by atoms with van der Waals surface area (Å²) in [6.45, 7) is 0. The molecule has 0 fully saturated rings. The Labute approximate surface area is 69.6 Å². The van der Waals surface area contributed by atoms with Crippen molar-refractivity contribution in [1.29, 1.82) is 0 Å². The predicted octanol–water partition coefficient (Wildman–Crippen LogP) is 0.659. The lowest BCUT2D eigenvalue weighted by Gasteiger charge is -1.91. The number of hydrogen-bond donors (Lipinski definition) is 1. The topological polar surface area (TPSA) is 56.7 Å². The van der Waals surface area contributed by atoms with Crippen LogP contribution in [-0.2, 0) is 0 Å². The minimum Gasteiger partial charge on any atom is -0.322 e. The monoisotopic (exact) mass is 160 g/mol. The van der Waals surface area contributed by atoms with E-state index in [1.807, 2.05) is 30.3 Å². The van der Waals surface area contributed by atoms with Gasteiger partial charge in [-0.3, -0.25) is 0 Å².